The van der Waals surface area contributed by atoms with Gasteiger partial charge in [0.2, 0.25) is 0 Å². The number of rotatable bonds is 7. The molecule has 2 rings (SSSR count). The molecule has 25 heavy (non-hydrogen) atoms. The van der Waals surface area contributed by atoms with Crippen molar-refractivity contribution in [2.75, 3.05) is 6.54 Å². The summed E-state index contributed by atoms with van der Waals surface area (Å²) in [6.07, 6.45) is 1.55. The van der Waals surface area contributed by atoms with Gasteiger partial charge in [-0.05, 0) is 51.7 Å². The zero-order valence-electron chi connectivity index (χ0n) is 15.7. The highest BCUT2D eigenvalue weighted by Crippen LogP contribution is 2.16. The second-order valence-corrected chi connectivity index (χ2v) is 7.38. The van der Waals surface area contributed by atoms with Crippen molar-refractivity contribution >= 4 is 5.91 Å². The van der Waals surface area contributed by atoms with Crippen LogP contribution in [0.4, 0.5) is 0 Å². The molecule has 1 atom stereocenters. The molecule has 0 bridgehead atoms. The summed E-state index contributed by atoms with van der Waals surface area (Å²) in [5.41, 5.74) is 2.03. The molecule has 2 N–H and O–H groups in total. The number of hydrogen-bond donors (Lipinski definition) is 2. The molecular formula is C19H28N4O2. The summed E-state index contributed by atoms with van der Waals surface area (Å²) in [5, 5.41) is 21.2. The average molecular weight is 344 g/mol. The minimum absolute atomic E-state index is 0.190. The molecular weight excluding hydrogens is 316 g/mol. The number of carbonyl (C=O) groups is 1. The van der Waals surface area contributed by atoms with E-state index in [0.29, 0.717) is 18.0 Å². The van der Waals surface area contributed by atoms with Crippen LogP contribution in [0, 0.1) is 19.8 Å². The zero-order chi connectivity index (χ0) is 18.6. The van der Waals surface area contributed by atoms with Gasteiger partial charge in [-0.25, -0.2) is 4.68 Å². The molecule has 0 saturated heterocycles. The maximum atomic E-state index is 12.4. The van der Waals surface area contributed by atoms with Gasteiger partial charge in [0.1, 0.15) is 0 Å². The Bertz CT molecular complexity index is 718. The van der Waals surface area contributed by atoms with Gasteiger partial charge in [0.05, 0.1) is 17.0 Å². The average Bonchev–Trinajstić information content (AvgIpc) is 2.93. The van der Waals surface area contributed by atoms with E-state index in [-0.39, 0.29) is 18.1 Å². The zero-order valence-corrected chi connectivity index (χ0v) is 15.7. The van der Waals surface area contributed by atoms with Crippen LogP contribution in [0.5, 0.6) is 0 Å². The largest absolute Gasteiger partial charge is 0.388 e. The van der Waals surface area contributed by atoms with Crippen LogP contribution in [-0.4, -0.2) is 38.2 Å². The monoisotopic (exact) mass is 344 g/mol. The molecule has 1 unspecified atom stereocenters. The third-order valence-corrected chi connectivity index (χ3v) is 4.28. The van der Waals surface area contributed by atoms with Crippen LogP contribution in [0.15, 0.2) is 24.3 Å². The van der Waals surface area contributed by atoms with E-state index in [1.54, 1.807) is 11.6 Å². The van der Waals surface area contributed by atoms with Crippen LogP contribution in [0.25, 0.3) is 5.69 Å². The van der Waals surface area contributed by atoms with Crippen molar-refractivity contribution in [1.82, 2.24) is 20.3 Å². The summed E-state index contributed by atoms with van der Waals surface area (Å²) in [4.78, 5) is 12.4. The maximum absolute atomic E-state index is 12.4. The van der Waals surface area contributed by atoms with Crippen molar-refractivity contribution < 1.29 is 9.90 Å². The second kappa shape index (κ2) is 7.78. The van der Waals surface area contributed by atoms with Crippen LogP contribution < -0.4 is 5.32 Å². The van der Waals surface area contributed by atoms with Gasteiger partial charge in [0.15, 0.2) is 5.69 Å². The van der Waals surface area contributed by atoms with E-state index in [0.717, 1.165) is 17.7 Å². The summed E-state index contributed by atoms with van der Waals surface area (Å²) in [7, 11) is 0. The Kier molecular flexibility index (Phi) is 5.95. The van der Waals surface area contributed by atoms with E-state index in [9.17, 15) is 9.90 Å². The molecule has 136 valence electrons. The van der Waals surface area contributed by atoms with Gasteiger partial charge in [-0.1, -0.05) is 36.8 Å². The Hall–Kier alpha value is -2.21. The molecule has 1 heterocycles. The van der Waals surface area contributed by atoms with Crippen LogP contribution in [0.1, 0.15) is 55.4 Å². The summed E-state index contributed by atoms with van der Waals surface area (Å²) in [6.45, 7) is 9.98. The molecule has 0 fully saturated rings. The summed E-state index contributed by atoms with van der Waals surface area (Å²) in [6, 6.07) is 7.86. The van der Waals surface area contributed by atoms with Gasteiger partial charge in [0, 0.05) is 6.54 Å². The van der Waals surface area contributed by atoms with Gasteiger partial charge in [-0.3, -0.25) is 4.79 Å². The Morgan fingerprint density at radius 3 is 2.52 bits per heavy atom. The van der Waals surface area contributed by atoms with Crippen molar-refractivity contribution in [2.45, 2.75) is 53.1 Å². The number of hydrogen-bond acceptors (Lipinski definition) is 4. The summed E-state index contributed by atoms with van der Waals surface area (Å²) < 4.78 is 1.64. The molecule has 0 radical (unpaired) electrons. The number of carbonyl (C=O) groups excluding carboxylic acids is 1. The predicted octanol–water partition coefficient (Wildman–Crippen LogP) is 2.80. The van der Waals surface area contributed by atoms with Crippen molar-refractivity contribution in [3.05, 3.63) is 41.2 Å². The molecule has 0 saturated carbocycles. The van der Waals surface area contributed by atoms with E-state index < -0.39 is 5.60 Å². The summed E-state index contributed by atoms with van der Waals surface area (Å²) in [5.74, 6) is 0.194. The Labute approximate surface area is 149 Å². The van der Waals surface area contributed by atoms with Crippen LogP contribution in [-0.2, 0) is 0 Å². The topological polar surface area (TPSA) is 80.0 Å². The highest BCUT2D eigenvalue weighted by Gasteiger charge is 2.24. The highest BCUT2D eigenvalue weighted by atomic mass is 16.3. The summed E-state index contributed by atoms with van der Waals surface area (Å²) >= 11 is 0. The fraction of sp³-hybridized carbons (Fsp3) is 0.526. The molecule has 0 aliphatic rings. The van der Waals surface area contributed by atoms with Crippen LogP contribution in [0.3, 0.4) is 0 Å². The number of aromatic nitrogens is 3. The van der Waals surface area contributed by atoms with E-state index in [2.05, 4.69) is 29.5 Å². The van der Waals surface area contributed by atoms with E-state index in [1.807, 2.05) is 38.1 Å². The molecule has 0 aliphatic heterocycles. The minimum atomic E-state index is -0.930. The van der Waals surface area contributed by atoms with Crippen molar-refractivity contribution in [1.29, 1.82) is 0 Å². The molecule has 0 aliphatic carbocycles. The molecule has 6 heteroatoms. The fourth-order valence-corrected chi connectivity index (χ4v) is 2.51. The van der Waals surface area contributed by atoms with Crippen molar-refractivity contribution in [2.24, 2.45) is 5.92 Å². The van der Waals surface area contributed by atoms with Gasteiger partial charge in [-0.15, -0.1) is 5.10 Å². The molecule has 2 aromatic rings. The smallest absolute Gasteiger partial charge is 0.273 e. The SMILES string of the molecule is Cc1ccc(-n2nnc(C(=O)NCC(C)(O)CCC(C)C)c2C)cc1. The number of benzene rings is 1. The lowest BCUT2D eigenvalue weighted by atomic mass is 9.95. The van der Waals surface area contributed by atoms with Gasteiger partial charge < -0.3 is 10.4 Å². The lowest BCUT2D eigenvalue weighted by molar-refractivity contribution is 0.0428. The third kappa shape index (κ3) is 5.13. The number of aliphatic hydroxyl groups is 1. The van der Waals surface area contributed by atoms with E-state index in [4.69, 9.17) is 0 Å². The lowest BCUT2D eigenvalue weighted by Crippen LogP contribution is -2.41. The van der Waals surface area contributed by atoms with Gasteiger partial charge in [0.25, 0.3) is 5.91 Å². The minimum Gasteiger partial charge on any atom is -0.388 e. The maximum Gasteiger partial charge on any atom is 0.273 e. The van der Waals surface area contributed by atoms with Gasteiger partial charge >= 0.3 is 0 Å². The quantitative estimate of drug-likeness (QED) is 0.809. The Morgan fingerprint density at radius 1 is 1.28 bits per heavy atom. The van der Waals surface area contributed by atoms with Crippen LogP contribution in [0.2, 0.25) is 0 Å². The van der Waals surface area contributed by atoms with E-state index in [1.165, 1.54) is 0 Å². The van der Waals surface area contributed by atoms with Crippen molar-refractivity contribution in [3.8, 4) is 5.69 Å². The number of nitrogens with zero attached hydrogens (tertiary/aromatic N) is 3. The number of aryl methyl sites for hydroxylation is 1. The third-order valence-electron chi connectivity index (χ3n) is 4.28. The first kappa shape index (κ1) is 19.1. The molecule has 1 aromatic carbocycles. The first-order chi connectivity index (χ1) is 11.7. The van der Waals surface area contributed by atoms with Gasteiger partial charge in [-0.2, -0.15) is 0 Å². The molecule has 6 nitrogen and oxygen atoms in total. The van der Waals surface area contributed by atoms with E-state index >= 15 is 0 Å². The first-order valence-electron chi connectivity index (χ1n) is 8.69. The number of amides is 1. The Balaban J connectivity index is 2.04. The lowest BCUT2D eigenvalue weighted by Gasteiger charge is -2.24. The second-order valence-electron chi connectivity index (χ2n) is 7.38. The molecule has 1 amide bonds. The van der Waals surface area contributed by atoms with Crippen molar-refractivity contribution in [3.63, 3.8) is 0 Å². The normalized spacial score (nSPS) is 13.7. The molecule has 1 aromatic heterocycles. The predicted molar refractivity (Wildman–Crippen MR) is 97.9 cm³/mol. The standard InChI is InChI=1S/C19H28N4O2/c1-13(2)10-11-19(5,25)12-20-18(24)17-15(4)23(22-21-17)16-8-6-14(3)7-9-16/h6-9,13,25H,10-12H2,1-5H3,(H,20,24). The Morgan fingerprint density at radius 2 is 1.92 bits per heavy atom. The highest BCUT2D eigenvalue weighted by molar-refractivity contribution is 5.93. The molecule has 0 spiro atoms. The number of nitrogens with one attached hydrogen (secondary N) is 1. The first-order valence-corrected chi connectivity index (χ1v) is 8.69. The fourth-order valence-electron chi connectivity index (χ4n) is 2.51. The van der Waals surface area contributed by atoms with Crippen LogP contribution >= 0.6 is 0 Å².